The van der Waals surface area contributed by atoms with Crippen LogP contribution in [0.4, 0.5) is 0 Å². The van der Waals surface area contributed by atoms with E-state index in [0.717, 1.165) is 17.9 Å². The lowest BCUT2D eigenvalue weighted by atomic mass is 10.2. The van der Waals surface area contributed by atoms with Gasteiger partial charge in [-0.1, -0.05) is 25.7 Å². The molecule has 0 aliphatic heterocycles. The molecule has 0 rings (SSSR count). The van der Waals surface area contributed by atoms with Gasteiger partial charge in [0.05, 0.1) is 0 Å². The van der Waals surface area contributed by atoms with E-state index in [0.29, 0.717) is 6.42 Å². The van der Waals surface area contributed by atoms with Crippen LogP contribution < -0.4 is 5.32 Å². The van der Waals surface area contributed by atoms with Crippen LogP contribution in [0.25, 0.3) is 0 Å². The molecule has 2 N–H and O–H groups in total. The Bertz CT molecular complexity index is 289. The molecule has 0 aromatic heterocycles. The smallest absolute Gasteiger partial charge is 0.326 e. The molecule has 0 aromatic rings. The predicted octanol–water partition coefficient (Wildman–Crippen LogP) is 1.83. The highest BCUT2D eigenvalue weighted by atomic mass is 32.2. The summed E-state index contributed by atoms with van der Waals surface area (Å²) in [6, 6.07) is -0.818. The van der Waals surface area contributed by atoms with Crippen molar-refractivity contribution in [3.8, 4) is 0 Å². The third kappa shape index (κ3) is 8.56. The molecule has 0 radical (unpaired) electrons. The second-order valence-corrected chi connectivity index (χ2v) is 4.62. The maximum atomic E-state index is 11.3. The number of thioether (sulfide) groups is 1. The van der Waals surface area contributed by atoms with E-state index in [9.17, 15) is 9.59 Å². The highest BCUT2D eigenvalue weighted by molar-refractivity contribution is 7.99. The average Bonchev–Trinajstić information content (AvgIpc) is 2.30. The molecule has 1 atom stereocenters. The second kappa shape index (κ2) is 9.96. The number of hydrogen-bond donors (Lipinski definition) is 2. The van der Waals surface area contributed by atoms with Crippen LogP contribution in [-0.2, 0) is 9.59 Å². The maximum Gasteiger partial charge on any atom is 0.326 e. The summed E-state index contributed by atoms with van der Waals surface area (Å²) in [5.41, 5.74) is 0. The molecule has 17 heavy (non-hydrogen) atoms. The number of carboxylic acid groups (broad SMARTS) is 1. The minimum Gasteiger partial charge on any atom is -0.480 e. The second-order valence-electron chi connectivity index (χ2n) is 3.40. The first-order chi connectivity index (χ1) is 8.11. The number of carbonyl (C=O) groups is 2. The third-order valence-corrected chi connectivity index (χ3v) is 3.12. The van der Waals surface area contributed by atoms with Gasteiger partial charge >= 0.3 is 5.97 Å². The molecule has 0 aliphatic carbocycles. The fraction of sp³-hybridized carbons (Fsp3) is 0.500. The first-order valence-corrected chi connectivity index (χ1v) is 6.67. The first-order valence-electron chi connectivity index (χ1n) is 5.52. The van der Waals surface area contributed by atoms with E-state index in [-0.39, 0.29) is 0 Å². The summed E-state index contributed by atoms with van der Waals surface area (Å²) in [7, 11) is 0. The zero-order valence-electron chi connectivity index (χ0n) is 10.0. The van der Waals surface area contributed by atoms with Gasteiger partial charge in [0.2, 0.25) is 5.91 Å². The molecule has 1 unspecified atom stereocenters. The van der Waals surface area contributed by atoms with Crippen molar-refractivity contribution in [3.63, 3.8) is 0 Å². The highest BCUT2D eigenvalue weighted by Gasteiger charge is 2.17. The Labute approximate surface area is 106 Å². The lowest BCUT2D eigenvalue weighted by molar-refractivity contribution is -0.141. The van der Waals surface area contributed by atoms with E-state index in [2.05, 4.69) is 18.8 Å². The summed E-state index contributed by atoms with van der Waals surface area (Å²) in [6.45, 7) is 5.50. The maximum absolute atomic E-state index is 11.3. The average molecular weight is 257 g/mol. The Morgan fingerprint density at radius 1 is 1.47 bits per heavy atom. The van der Waals surface area contributed by atoms with Crippen LogP contribution in [0, 0.1) is 0 Å². The fourth-order valence-corrected chi connectivity index (χ4v) is 1.98. The fourth-order valence-electron chi connectivity index (χ4n) is 1.08. The largest absolute Gasteiger partial charge is 0.480 e. The van der Waals surface area contributed by atoms with Gasteiger partial charge in [-0.2, -0.15) is 11.8 Å². The van der Waals surface area contributed by atoms with Crippen LogP contribution in [0.2, 0.25) is 0 Å². The predicted molar refractivity (Wildman–Crippen MR) is 71.1 cm³/mol. The Balaban J connectivity index is 4.06. The summed E-state index contributed by atoms with van der Waals surface area (Å²) in [5, 5.41) is 11.4. The van der Waals surface area contributed by atoms with Crippen molar-refractivity contribution >= 4 is 23.6 Å². The molecule has 0 fully saturated rings. The van der Waals surface area contributed by atoms with Gasteiger partial charge in [-0.3, -0.25) is 4.79 Å². The van der Waals surface area contributed by atoms with Crippen molar-refractivity contribution in [1.82, 2.24) is 5.32 Å². The van der Waals surface area contributed by atoms with Gasteiger partial charge in [0.15, 0.2) is 0 Å². The molecule has 4 nitrogen and oxygen atoms in total. The van der Waals surface area contributed by atoms with E-state index in [1.165, 1.54) is 18.2 Å². The molecule has 5 heteroatoms. The van der Waals surface area contributed by atoms with Crippen molar-refractivity contribution in [2.24, 2.45) is 0 Å². The molecule has 0 aliphatic rings. The molecule has 0 aromatic carbocycles. The first kappa shape index (κ1) is 15.8. The van der Waals surface area contributed by atoms with Crippen molar-refractivity contribution in [3.05, 3.63) is 24.8 Å². The number of rotatable bonds is 9. The minimum absolute atomic E-state index is 0.405. The van der Waals surface area contributed by atoms with E-state index in [4.69, 9.17) is 5.11 Å². The van der Waals surface area contributed by atoms with Crippen molar-refractivity contribution < 1.29 is 14.7 Å². The van der Waals surface area contributed by atoms with Crippen molar-refractivity contribution in [1.29, 1.82) is 0 Å². The normalized spacial score (nSPS) is 12.3. The van der Waals surface area contributed by atoms with E-state index >= 15 is 0 Å². The lowest BCUT2D eigenvalue weighted by Crippen LogP contribution is -2.40. The Morgan fingerprint density at radius 2 is 2.18 bits per heavy atom. The van der Waals surface area contributed by atoms with Gasteiger partial charge in [-0.05, 0) is 24.3 Å². The SMILES string of the molecule is C=CC=CC(=O)NC(CCSCCC)C(=O)O. The molecular weight excluding hydrogens is 238 g/mol. The summed E-state index contributed by atoms with van der Waals surface area (Å²) in [6.07, 6.45) is 5.71. The highest BCUT2D eigenvalue weighted by Crippen LogP contribution is 2.06. The summed E-state index contributed by atoms with van der Waals surface area (Å²) in [4.78, 5) is 22.2. The Morgan fingerprint density at radius 3 is 2.71 bits per heavy atom. The monoisotopic (exact) mass is 257 g/mol. The standard InChI is InChI=1S/C12H19NO3S/c1-3-5-6-11(14)13-10(12(15)16)7-9-17-8-4-2/h3,5-6,10H,1,4,7-9H2,2H3,(H,13,14)(H,15,16). The van der Waals surface area contributed by atoms with Gasteiger partial charge in [0.1, 0.15) is 6.04 Å². The van der Waals surface area contributed by atoms with Crippen molar-refractivity contribution in [2.45, 2.75) is 25.8 Å². The van der Waals surface area contributed by atoms with Gasteiger partial charge in [-0.15, -0.1) is 0 Å². The topological polar surface area (TPSA) is 66.4 Å². The van der Waals surface area contributed by atoms with Crippen LogP contribution in [-0.4, -0.2) is 34.5 Å². The number of carboxylic acids is 1. The van der Waals surface area contributed by atoms with Gasteiger partial charge in [0, 0.05) is 6.08 Å². The molecular formula is C12H19NO3S. The number of carbonyl (C=O) groups excluding carboxylic acids is 1. The minimum atomic E-state index is -0.998. The summed E-state index contributed by atoms with van der Waals surface area (Å²) in [5.74, 6) is 0.340. The quantitative estimate of drug-likeness (QED) is 0.376. The van der Waals surface area contributed by atoms with Crippen LogP contribution in [0.15, 0.2) is 24.8 Å². The van der Waals surface area contributed by atoms with Crippen LogP contribution in [0.3, 0.4) is 0 Å². The van der Waals surface area contributed by atoms with Gasteiger partial charge in [0.25, 0.3) is 0 Å². The van der Waals surface area contributed by atoms with Gasteiger partial charge in [-0.25, -0.2) is 4.79 Å². The van der Waals surface area contributed by atoms with Crippen LogP contribution in [0.5, 0.6) is 0 Å². The number of hydrogen-bond acceptors (Lipinski definition) is 3. The van der Waals surface area contributed by atoms with E-state index in [1.807, 2.05) is 0 Å². The van der Waals surface area contributed by atoms with Crippen LogP contribution >= 0.6 is 11.8 Å². The molecule has 0 spiro atoms. The zero-order valence-corrected chi connectivity index (χ0v) is 10.8. The number of allylic oxidation sites excluding steroid dienone is 2. The Hall–Kier alpha value is -1.23. The van der Waals surface area contributed by atoms with Crippen molar-refractivity contribution in [2.75, 3.05) is 11.5 Å². The molecule has 0 saturated heterocycles. The summed E-state index contributed by atoms with van der Waals surface area (Å²) >= 11 is 1.70. The Kier molecular flexibility index (Phi) is 9.24. The molecule has 0 heterocycles. The van der Waals surface area contributed by atoms with E-state index < -0.39 is 17.9 Å². The molecule has 0 bridgehead atoms. The van der Waals surface area contributed by atoms with Gasteiger partial charge < -0.3 is 10.4 Å². The molecule has 96 valence electrons. The third-order valence-electron chi connectivity index (χ3n) is 1.90. The molecule has 0 saturated carbocycles. The van der Waals surface area contributed by atoms with E-state index in [1.54, 1.807) is 11.8 Å². The summed E-state index contributed by atoms with van der Waals surface area (Å²) < 4.78 is 0. The number of amides is 1. The zero-order chi connectivity index (χ0) is 13.1. The lowest BCUT2D eigenvalue weighted by Gasteiger charge is -2.12. The number of aliphatic carboxylic acids is 1. The number of nitrogens with one attached hydrogen (secondary N) is 1. The van der Waals surface area contributed by atoms with Crippen LogP contribution in [0.1, 0.15) is 19.8 Å². The molecule has 1 amide bonds.